The van der Waals surface area contributed by atoms with Gasteiger partial charge in [-0.25, -0.2) is 4.39 Å². The van der Waals surface area contributed by atoms with Gasteiger partial charge in [0, 0.05) is 0 Å². The first-order valence-electron chi connectivity index (χ1n) is 8.07. The van der Waals surface area contributed by atoms with Crippen molar-refractivity contribution in [2.75, 3.05) is 5.32 Å². The van der Waals surface area contributed by atoms with Crippen molar-refractivity contribution in [1.82, 2.24) is 5.32 Å². The van der Waals surface area contributed by atoms with Gasteiger partial charge in [0.05, 0.1) is 11.7 Å². The molecule has 4 heteroatoms. The molecule has 0 fully saturated rings. The highest BCUT2D eigenvalue weighted by Crippen LogP contribution is 2.23. The Morgan fingerprint density at radius 1 is 0.840 bits per heavy atom. The number of benzene rings is 3. The van der Waals surface area contributed by atoms with Gasteiger partial charge < -0.3 is 10.6 Å². The largest absolute Gasteiger partial charge is 0.352 e. The molecule has 3 aromatic rings. The molecule has 0 unspecified atom stereocenters. The summed E-state index contributed by atoms with van der Waals surface area (Å²) < 4.78 is 13.8. The van der Waals surface area contributed by atoms with Gasteiger partial charge in [0.25, 0.3) is 0 Å². The zero-order valence-corrected chi connectivity index (χ0v) is 14.7. The van der Waals surface area contributed by atoms with Gasteiger partial charge in [-0.3, -0.25) is 0 Å². The maximum atomic E-state index is 13.8. The fraction of sp³-hybridized carbons (Fsp3) is 0.0952. The molecule has 3 aromatic carbocycles. The quantitative estimate of drug-likeness (QED) is 0.632. The van der Waals surface area contributed by atoms with Crippen molar-refractivity contribution in [1.29, 1.82) is 0 Å². The van der Waals surface area contributed by atoms with E-state index in [4.69, 9.17) is 12.2 Å². The van der Waals surface area contributed by atoms with E-state index in [1.807, 2.05) is 30.3 Å². The Bertz CT molecular complexity index is 847. The molecule has 0 aromatic heterocycles. The summed E-state index contributed by atoms with van der Waals surface area (Å²) in [5, 5.41) is 6.61. The molecule has 0 aliphatic carbocycles. The van der Waals surface area contributed by atoms with Gasteiger partial charge in [-0.2, -0.15) is 0 Å². The lowest BCUT2D eigenvalue weighted by Gasteiger charge is -2.22. The third-order valence-electron chi connectivity index (χ3n) is 3.94. The number of rotatable bonds is 4. The van der Waals surface area contributed by atoms with Gasteiger partial charge in [0.15, 0.2) is 5.11 Å². The molecule has 0 aliphatic rings. The van der Waals surface area contributed by atoms with Crippen molar-refractivity contribution in [3.05, 3.63) is 101 Å². The molecule has 0 radical (unpaired) electrons. The number of hydrogen-bond donors (Lipinski definition) is 2. The molecule has 2 N–H and O–H groups in total. The van der Waals surface area contributed by atoms with Crippen LogP contribution in [-0.2, 0) is 0 Å². The fourth-order valence-electron chi connectivity index (χ4n) is 2.62. The van der Waals surface area contributed by atoms with Crippen molar-refractivity contribution < 1.29 is 4.39 Å². The Kier molecular flexibility index (Phi) is 5.41. The molecule has 0 aliphatic heterocycles. The van der Waals surface area contributed by atoms with E-state index in [2.05, 4.69) is 41.8 Å². The maximum Gasteiger partial charge on any atom is 0.171 e. The molecule has 25 heavy (non-hydrogen) atoms. The lowest BCUT2D eigenvalue weighted by molar-refractivity contribution is 0.632. The van der Waals surface area contributed by atoms with Crippen molar-refractivity contribution in [2.45, 2.75) is 13.0 Å². The number of hydrogen-bond acceptors (Lipinski definition) is 1. The Morgan fingerprint density at radius 3 is 2.12 bits per heavy atom. The molecular formula is C21H19FN2S. The van der Waals surface area contributed by atoms with Crippen LogP contribution < -0.4 is 10.6 Å². The molecule has 0 amide bonds. The van der Waals surface area contributed by atoms with E-state index >= 15 is 0 Å². The topological polar surface area (TPSA) is 24.1 Å². The predicted molar refractivity (Wildman–Crippen MR) is 105 cm³/mol. The molecular weight excluding hydrogens is 331 g/mol. The molecule has 0 saturated carbocycles. The van der Waals surface area contributed by atoms with E-state index in [0.717, 1.165) is 11.1 Å². The van der Waals surface area contributed by atoms with Crippen LogP contribution in [0, 0.1) is 12.7 Å². The van der Waals surface area contributed by atoms with E-state index in [1.165, 1.54) is 11.6 Å². The zero-order chi connectivity index (χ0) is 17.6. The molecule has 0 bridgehead atoms. The Balaban J connectivity index is 1.84. The highest BCUT2D eigenvalue weighted by molar-refractivity contribution is 7.80. The number of aryl methyl sites for hydroxylation is 1. The van der Waals surface area contributed by atoms with Gasteiger partial charge in [0.1, 0.15) is 5.82 Å². The van der Waals surface area contributed by atoms with Crippen LogP contribution in [0.1, 0.15) is 22.7 Å². The van der Waals surface area contributed by atoms with Crippen LogP contribution in [0.5, 0.6) is 0 Å². The number of para-hydroxylation sites is 1. The molecule has 2 nitrogen and oxygen atoms in total. The summed E-state index contributed by atoms with van der Waals surface area (Å²) in [5.74, 6) is -0.335. The number of anilines is 1. The Morgan fingerprint density at radius 2 is 1.44 bits per heavy atom. The number of thiocarbonyl (C=S) groups is 1. The lowest BCUT2D eigenvalue weighted by atomic mass is 9.98. The van der Waals surface area contributed by atoms with Crippen LogP contribution in [0.2, 0.25) is 0 Å². The van der Waals surface area contributed by atoms with Crippen LogP contribution in [0.25, 0.3) is 0 Å². The van der Waals surface area contributed by atoms with Gasteiger partial charge in [-0.15, -0.1) is 0 Å². The molecule has 0 spiro atoms. The number of nitrogens with one attached hydrogen (secondary N) is 2. The van der Waals surface area contributed by atoms with E-state index in [0.29, 0.717) is 10.8 Å². The van der Waals surface area contributed by atoms with Crippen LogP contribution >= 0.6 is 12.2 Å². The maximum absolute atomic E-state index is 13.8. The summed E-state index contributed by atoms with van der Waals surface area (Å²) >= 11 is 5.41. The molecule has 3 rings (SSSR count). The van der Waals surface area contributed by atoms with E-state index in [1.54, 1.807) is 18.2 Å². The highest BCUT2D eigenvalue weighted by atomic mass is 32.1. The van der Waals surface area contributed by atoms with E-state index < -0.39 is 0 Å². The Hall–Kier alpha value is -2.72. The van der Waals surface area contributed by atoms with Crippen LogP contribution in [0.3, 0.4) is 0 Å². The van der Waals surface area contributed by atoms with Crippen LogP contribution in [0.15, 0.2) is 78.9 Å². The summed E-state index contributed by atoms with van der Waals surface area (Å²) in [4.78, 5) is 0. The van der Waals surface area contributed by atoms with Crippen LogP contribution in [0.4, 0.5) is 10.1 Å². The van der Waals surface area contributed by atoms with Gasteiger partial charge >= 0.3 is 0 Å². The zero-order valence-electron chi connectivity index (χ0n) is 13.9. The minimum atomic E-state index is -0.335. The average molecular weight is 350 g/mol. The standard InChI is InChI=1S/C21H19FN2S/c1-15-11-13-17(14-12-15)20(16-7-3-2-4-8-16)24-21(25)23-19-10-6-5-9-18(19)22/h2-14,20H,1H3,(H2,23,24,25)/t20-/m0/s1. The summed E-state index contributed by atoms with van der Waals surface area (Å²) in [6.07, 6.45) is 0. The molecule has 0 heterocycles. The van der Waals surface area contributed by atoms with Crippen molar-refractivity contribution in [3.8, 4) is 0 Å². The second kappa shape index (κ2) is 7.90. The number of halogens is 1. The molecule has 1 atom stereocenters. The summed E-state index contributed by atoms with van der Waals surface area (Å²) in [6, 6.07) is 24.7. The van der Waals surface area contributed by atoms with Gasteiger partial charge in [-0.05, 0) is 42.4 Å². The summed E-state index contributed by atoms with van der Waals surface area (Å²) in [5.41, 5.74) is 3.73. The monoisotopic (exact) mass is 350 g/mol. The smallest absolute Gasteiger partial charge is 0.171 e. The molecule has 0 saturated heterocycles. The van der Waals surface area contributed by atoms with Gasteiger partial charge in [0.2, 0.25) is 0 Å². The van der Waals surface area contributed by atoms with E-state index in [-0.39, 0.29) is 11.9 Å². The first-order chi connectivity index (χ1) is 12.1. The van der Waals surface area contributed by atoms with Gasteiger partial charge in [-0.1, -0.05) is 72.3 Å². The van der Waals surface area contributed by atoms with Crippen molar-refractivity contribution in [3.63, 3.8) is 0 Å². The third-order valence-corrected chi connectivity index (χ3v) is 4.16. The van der Waals surface area contributed by atoms with Crippen molar-refractivity contribution in [2.24, 2.45) is 0 Å². The predicted octanol–water partition coefficient (Wildman–Crippen LogP) is 5.21. The fourth-order valence-corrected chi connectivity index (χ4v) is 2.84. The Labute approximate surface area is 152 Å². The first-order valence-corrected chi connectivity index (χ1v) is 8.48. The second-order valence-electron chi connectivity index (χ2n) is 5.83. The second-order valence-corrected chi connectivity index (χ2v) is 6.24. The normalized spacial score (nSPS) is 11.6. The minimum absolute atomic E-state index is 0.117. The average Bonchev–Trinajstić information content (AvgIpc) is 2.63. The highest BCUT2D eigenvalue weighted by Gasteiger charge is 2.15. The van der Waals surface area contributed by atoms with Crippen molar-refractivity contribution >= 4 is 23.0 Å². The van der Waals surface area contributed by atoms with Crippen LogP contribution in [-0.4, -0.2) is 5.11 Å². The van der Waals surface area contributed by atoms with E-state index in [9.17, 15) is 4.39 Å². The summed E-state index contributed by atoms with van der Waals surface area (Å²) in [6.45, 7) is 2.05. The molecule has 126 valence electrons. The first kappa shape index (κ1) is 17.1. The lowest BCUT2D eigenvalue weighted by Crippen LogP contribution is -2.33. The summed E-state index contributed by atoms with van der Waals surface area (Å²) in [7, 11) is 0. The third kappa shape index (κ3) is 4.43. The minimum Gasteiger partial charge on any atom is -0.352 e. The SMILES string of the molecule is Cc1ccc([C@@H](NC(=S)Nc2ccccc2F)c2ccccc2)cc1.